The summed E-state index contributed by atoms with van der Waals surface area (Å²) < 4.78 is 5.06. The molecule has 0 bridgehead atoms. The predicted octanol–water partition coefficient (Wildman–Crippen LogP) is 2.53. The summed E-state index contributed by atoms with van der Waals surface area (Å²) in [6.07, 6.45) is 0.668. The Labute approximate surface area is 145 Å². The van der Waals surface area contributed by atoms with E-state index in [0.717, 1.165) is 23.3 Å². The second-order valence-corrected chi connectivity index (χ2v) is 6.32. The van der Waals surface area contributed by atoms with Crippen LogP contribution in [0, 0.1) is 6.92 Å². The third-order valence-corrected chi connectivity index (χ3v) is 4.17. The van der Waals surface area contributed by atoms with Gasteiger partial charge in [-0.3, -0.25) is 4.99 Å². The molecule has 0 saturated heterocycles. The topological polar surface area (TPSA) is 75.3 Å². The van der Waals surface area contributed by atoms with E-state index in [1.54, 1.807) is 25.7 Å². The zero-order chi connectivity index (χ0) is 16.5. The van der Waals surface area contributed by atoms with Crippen molar-refractivity contribution in [3.8, 4) is 0 Å². The van der Waals surface area contributed by atoms with Gasteiger partial charge < -0.3 is 15.2 Å². The summed E-state index contributed by atoms with van der Waals surface area (Å²) in [6, 6.07) is 7.84. The van der Waals surface area contributed by atoms with Crippen molar-refractivity contribution in [3.05, 3.63) is 41.0 Å². The van der Waals surface area contributed by atoms with E-state index in [9.17, 15) is 0 Å². The quantitative estimate of drug-likeness (QED) is 0.345. The normalized spacial score (nSPS) is 11.5. The molecule has 0 spiro atoms. The average molecular weight is 354 g/mol. The van der Waals surface area contributed by atoms with E-state index >= 15 is 0 Å². The number of guanidine groups is 1. The monoisotopic (exact) mass is 353 g/mol. The molecule has 0 unspecified atom stereocenters. The number of halogens is 1. The number of hydrogen-bond acceptors (Lipinski definition) is 5. The van der Waals surface area contributed by atoms with Crippen LogP contribution in [0.2, 0.25) is 5.02 Å². The highest BCUT2D eigenvalue weighted by Crippen LogP contribution is 2.19. The van der Waals surface area contributed by atoms with Gasteiger partial charge in [-0.25, -0.2) is 0 Å². The molecule has 8 heteroatoms. The van der Waals surface area contributed by atoms with Gasteiger partial charge in [0, 0.05) is 42.2 Å². The van der Waals surface area contributed by atoms with Crippen molar-refractivity contribution >= 4 is 29.3 Å². The van der Waals surface area contributed by atoms with Crippen LogP contribution in [0.25, 0.3) is 0 Å². The SMILES string of the molecule is CN=C(NCCSc1ccc(Cl)cc1)NCCc1nc(C)no1. The summed E-state index contributed by atoms with van der Waals surface area (Å²) >= 11 is 7.63. The van der Waals surface area contributed by atoms with E-state index in [1.165, 1.54) is 4.90 Å². The minimum atomic E-state index is 0.628. The number of hydrogen-bond donors (Lipinski definition) is 2. The third kappa shape index (κ3) is 6.50. The molecule has 0 radical (unpaired) electrons. The zero-order valence-electron chi connectivity index (χ0n) is 13.2. The fraction of sp³-hybridized carbons (Fsp3) is 0.400. The van der Waals surface area contributed by atoms with Crippen LogP contribution in [0.3, 0.4) is 0 Å². The minimum absolute atomic E-state index is 0.628. The second-order valence-electron chi connectivity index (χ2n) is 4.71. The Morgan fingerprint density at radius 3 is 2.65 bits per heavy atom. The second kappa shape index (κ2) is 9.42. The van der Waals surface area contributed by atoms with Crippen molar-refractivity contribution in [2.24, 2.45) is 4.99 Å². The van der Waals surface area contributed by atoms with Crippen LogP contribution in [0.15, 0.2) is 38.7 Å². The molecule has 0 fully saturated rings. The lowest BCUT2D eigenvalue weighted by Gasteiger charge is -2.10. The van der Waals surface area contributed by atoms with Gasteiger partial charge in [0.05, 0.1) is 0 Å². The first-order valence-corrected chi connectivity index (χ1v) is 8.66. The number of thioether (sulfide) groups is 1. The number of aliphatic imine (C=N–C) groups is 1. The largest absolute Gasteiger partial charge is 0.356 e. The summed E-state index contributed by atoms with van der Waals surface area (Å²) in [5, 5.41) is 11.0. The fourth-order valence-corrected chi connectivity index (χ4v) is 2.71. The third-order valence-electron chi connectivity index (χ3n) is 2.90. The lowest BCUT2D eigenvalue weighted by atomic mass is 10.4. The summed E-state index contributed by atoms with van der Waals surface area (Å²) in [6.45, 7) is 3.30. The van der Waals surface area contributed by atoms with Crippen molar-refractivity contribution < 1.29 is 4.52 Å². The zero-order valence-corrected chi connectivity index (χ0v) is 14.7. The smallest absolute Gasteiger partial charge is 0.228 e. The van der Waals surface area contributed by atoms with Crippen LogP contribution < -0.4 is 10.6 Å². The first-order chi connectivity index (χ1) is 11.2. The Bertz CT molecular complexity index is 629. The molecule has 1 aromatic heterocycles. The van der Waals surface area contributed by atoms with Crippen molar-refractivity contribution in [1.82, 2.24) is 20.8 Å². The molecule has 2 aromatic rings. The molecule has 1 heterocycles. The van der Waals surface area contributed by atoms with Gasteiger partial charge in [-0.15, -0.1) is 11.8 Å². The Hall–Kier alpha value is -1.73. The molecule has 2 N–H and O–H groups in total. The Morgan fingerprint density at radius 1 is 1.26 bits per heavy atom. The van der Waals surface area contributed by atoms with Crippen LogP contribution in [-0.2, 0) is 6.42 Å². The Balaban J connectivity index is 1.62. The first kappa shape index (κ1) is 17.6. The summed E-state index contributed by atoms with van der Waals surface area (Å²) in [5.74, 6) is 2.98. The number of nitrogens with zero attached hydrogens (tertiary/aromatic N) is 3. The highest BCUT2D eigenvalue weighted by molar-refractivity contribution is 7.99. The van der Waals surface area contributed by atoms with Crippen LogP contribution in [-0.4, -0.2) is 42.0 Å². The van der Waals surface area contributed by atoms with E-state index in [0.29, 0.717) is 24.7 Å². The van der Waals surface area contributed by atoms with Crippen LogP contribution >= 0.6 is 23.4 Å². The molecule has 124 valence electrons. The molecule has 6 nitrogen and oxygen atoms in total. The molecular weight excluding hydrogens is 334 g/mol. The maximum Gasteiger partial charge on any atom is 0.228 e. The van der Waals surface area contributed by atoms with Gasteiger partial charge in [0.2, 0.25) is 5.89 Å². The molecule has 0 saturated carbocycles. The predicted molar refractivity (Wildman–Crippen MR) is 94.3 cm³/mol. The lowest BCUT2D eigenvalue weighted by molar-refractivity contribution is 0.374. The maximum absolute atomic E-state index is 5.87. The van der Waals surface area contributed by atoms with E-state index in [4.69, 9.17) is 16.1 Å². The van der Waals surface area contributed by atoms with Crippen molar-refractivity contribution in [3.63, 3.8) is 0 Å². The lowest BCUT2D eigenvalue weighted by Crippen LogP contribution is -2.39. The van der Waals surface area contributed by atoms with E-state index in [-0.39, 0.29) is 0 Å². The van der Waals surface area contributed by atoms with Crippen molar-refractivity contribution in [1.29, 1.82) is 0 Å². The molecule has 1 aromatic carbocycles. The molecular formula is C15H20ClN5OS. The summed E-state index contributed by atoms with van der Waals surface area (Å²) in [7, 11) is 1.75. The van der Waals surface area contributed by atoms with Crippen molar-refractivity contribution in [2.45, 2.75) is 18.2 Å². The molecule has 0 amide bonds. The van der Waals surface area contributed by atoms with Gasteiger partial charge in [0.1, 0.15) is 0 Å². The van der Waals surface area contributed by atoms with Gasteiger partial charge in [-0.05, 0) is 31.2 Å². The summed E-state index contributed by atoms with van der Waals surface area (Å²) in [4.78, 5) is 9.54. The number of benzene rings is 1. The number of nitrogens with one attached hydrogen (secondary N) is 2. The molecule has 0 aliphatic rings. The molecule has 23 heavy (non-hydrogen) atoms. The highest BCUT2D eigenvalue weighted by Gasteiger charge is 2.03. The Morgan fingerprint density at radius 2 is 2.00 bits per heavy atom. The number of aryl methyl sites for hydroxylation is 1. The van der Waals surface area contributed by atoms with E-state index < -0.39 is 0 Å². The highest BCUT2D eigenvalue weighted by atomic mass is 35.5. The maximum atomic E-state index is 5.87. The standard InChI is InChI=1S/C15H20ClN5OS/c1-11-20-14(22-21-11)7-8-18-15(17-2)19-9-10-23-13-5-3-12(16)4-6-13/h3-6H,7-10H2,1-2H3,(H2,17,18,19). The van der Waals surface area contributed by atoms with Crippen LogP contribution in [0.1, 0.15) is 11.7 Å². The van der Waals surface area contributed by atoms with Crippen LogP contribution in [0.5, 0.6) is 0 Å². The Kier molecular flexibility index (Phi) is 7.22. The minimum Gasteiger partial charge on any atom is -0.356 e. The first-order valence-electron chi connectivity index (χ1n) is 7.29. The van der Waals surface area contributed by atoms with Gasteiger partial charge in [-0.2, -0.15) is 4.98 Å². The average Bonchev–Trinajstić information content (AvgIpc) is 2.97. The number of aromatic nitrogens is 2. The van der Waals surface area contributed by atoms with Gasteiger partial charge in [0.15, 0.2) is 11.8 Å². The van der Waals surface area contributed by atoms with E-state index in [2.05, 4.69) is 25.8 Å². The van der Waals surface area contributed by atoms with Crippen molar-refractivity contribution in [2.75, 3.05) is 25.9 Å². The molecule has 0 aliphatic heterocycles. The molecule has 0 aliphatic carbocycles. The van der Waals surface area contributed by atoms with Gasteiger partial charge in [0.25, 0.3) is 0 Å². The summed E-state index contributed by atoms with van der Waals surface area (Å²) in [5.41, 5.74) is 0. The molecule has 0 atom stereocenters. The van der Waals surface area contributed by atoms with E-state index in [1.807, 2.05) is 24.3 Å². The van der Waals surface area contributed by atoms with Crippen LogP contribution in [0.4, 0.5) is 0 Å². The number of rotatable bonds is 7. The van der Waals surface area contributed by atoms with Gasteiger partial charge >= 0.3 is 0 Å². The molecule has 2 rings (SSSR count). The van der Waals surface area contributed by atoms with Gasteiger partial charge in [-0.1, -0.05) is 16.8 Å². The fourth-order valence-electron chi connectivity index (χ4n) is 1.82.